The van der Waals surface area contributed by atoms with Crippen molar-refractivity contribution < 1.29 is 23.8 Å². The molecule has 0 spiro atoms. The Labute approximate surface area is 217 Å². The van der Waals surface area contributed by atoms with E-state index in [4.69, 9.17) is 20.6 Å². The van der Waals surface area contributed by atoms with E-state index >= 15 is 0 Å². The number of aromatic amines is 1. The highest BCUT2D eigenvalue weighted by Gasteiger charge is 2.52. The molecule has 5 rings (SSSR count). The molecule has 0 saturated carbocycles. The number of aryl methyl sites for hydroxylation is 2. The number of carbonyl (C=O) groups excluding carboxylic acids is 2. The molecule has 1 saturated heterocycles. The van der Waals surface area contributed by atoms with Crippen LogP contribution in [0.4, 0.5) is 0 Å². The molecule has 4 aromatic rings. The highest BCUT2D eigenvalue weighted by Crippen LogP contribution is 2.40. The standard InChI is InChI=1S/C28H24N4O6/c1-4-28(14-36-26(34)19-9-5-17(2)6-10-19)21(37-27(35)20-11-7-18(3)8-12-20)13-22(38-28)32-16-31-23-24(32)29-15-30-25(23)33/h1,5-12,15-16,21-22H,13-14H2,2-3H3,(H,29,30,33)/t21-,22+,28+/m0/s1. The summed E-state index contributed by atoms with van der Waals surface area (Å²) in [4.78, 5) is 48.7. The first-order valence-corrected chi connectivity index (χ1v) is 11.9. The number of hydrogen-bond donors (Lipinski definition) is 1. The molecule has 1 N–H and O–H groups in total. The van der Waals surface area contributed by atoms with Gasteiger partial charge in [0.15, 0.2) is 17.3 Å². The zero-order chi connectivity index (χ0) is 26.9. The Bertz CT molecular complexity index is 1600. The monoisotopic (exact) mass is 512 g/mol. The molecular formula is C28H24N4O6. The Morgan fingerprint density at radius 3 is 2.34 bits per heavy atom. The molecule has 1 aliphatic heterocycles. The SMILES string of the molecule is C#C[C@]1(COC(=O)c2ccc(C)cc2)O[C@@H](n2cnc3c(=O)[nH]cnc32)C[C@@H]1OC(=O)c1ccc(C)cc1. The molecule has 0 aliphatic carbocycles. The average molecular weight is 513 g/mol. The van der Waals surface area contributed by atoms with Crippen LogP contribution in [0.1, 0.15) is 44.5 Å². The van der Waals surface area contributed by atoms with Crippen molar-refractivity contribution in [3.8, 4) is 12.3 Å². The molecule has 2 aromatic heterocycles. The van der Waals surface area contributed by atoms with Gasteiger partial charge >= 0.3 is 11.9 Å². The van der Waals surface area contributed by atoms with Crippen molar-refractivity contribution in [2.24, 2.45) is 0 Å². The van der Waals surface area contributed by atoms with Gasteiger partial charge in [-0.3, -0.25) is 9.36 Å². The van der Waals surface area contributed by atoms with Gasteiger partial charge in [0.1, 0.15) is 12.8 Å². The van der Waals surface area contributed by atoms with Crippen molar-refractivity contribution in [2.45, 2.75) is 38.2 Å². The molecule has 192 valence electrons. The molecule has 2 aromatic carbocycles. The van der Waals surface area contributed by atoms with Crippen LogP contribution in [0, 0.1) is 26.2 Å². The van der Waals surface area contributed by atoms with E-state index in [9.17, 15) is 14.4 Å². The number of carbonyl (C=O) groups is 2. The number of H-pyrrole nitrogens is 1. The largest absolute Gasteiger partial charge is 0.458 e. The molecule has 0 bridgehead atoms. The summed E-state index contributed by atoms with van der Waals surface area (Å²) in [5, 5.41) is 0. The number of ether oxygens (including phenoxy) is 3. The Hall–Kier alpha value is -4.75. The third-order valence-corrected chi connectivity index (χ3v) is 6.44. The summed E-state index contributed by atoms with van der Waals surface area (Å²) in [6.45, 7) is 3.44. The first-order chi connectivity index (χ1) is 18.3. The maximum absolute atomic E-state index is 13.0. The molecule has 3 heterocycles. The second-order valence-corrected chi connectivity index (χ2v) is 9.10. The molecule has 1 fully saturated rings. The minimum absolute atomic E-state index is 0.101. The fourth-order valence-corrected chi connectivity index (χ4v) is 4.26. The van der Waals surface area contributed by atoms with Gasteiger partial charge in [-0.2, -0.15) is 0 Å². The van der Waals surface area contributed by atoms with E-state index < -0.39 is 35.4 Å². The number of nitrogens with one attached hydrogen (secondary N) is 1. The van der Waals surface area contributed by atoms with E-state index in [2.05, 4.69) is 20.9 Å². The molecule has 0 amide bonds. The van der Waals surface area contributed by atoms with Crippen LogP contribution in [0.15, 0.2) is 66.0 Å². The molecule has 1 aliphatic rings. The van der Waals surface area contributed by atoms with Crippen LogP contribution >= 0.6 is 0 Å². The number of fused-ring (bicyclic) bond motifs is 1. The van der Waals surface area contributed by atoms with E-state index in [-0.39, 0.29) is 24.2 Å². The maximum atomic E-state index is 13.0. The molecule has 38 heavy (non-hydrogen) atoms. The summed E-state index contributed by atoms with van der Waals surface area (Å²) in [6.07, 6.45) is 6.90. The number of terminal acetylenes is 1. The van der Waals surface area contributed by atoms with Crippen molar-refractivity contribution in [1.29, 1.82) is 0 Å². The summed E-state index contributed by atoms with van der Waals surface area (Å²) in [5.41, 5.74) is 1.03. The van der Waals surface area contributed by atoms with E-state index in [0.29, 0.717) is 11.1 Å². The Balaban J connectivity index is 1.45. The normalized spacial score (nSPS) is 20.7. The number of esters is 2. The topological polar surface area (TPSA) is 125 Å². The van der Waals surface area contributed by atoms with Crippen LogP contribution in [-0.4, -0.2) is 49.8 Å². The molecule has 10 heteroatoms. The van der Waals surface area contributed by atoms with Crippen LogP contribution in [-0.2, 0) is 14.2 Å². The lowest BCUT2D eigenvalue weighted by atomic mass is 9.98. The van der Waals surface area contributed by atoms with Gasteiger partial charge in [-0.25, -0.2) is 19.6 Å². The summed E-state index contributed by atoms with van der Waals surface area (Å²) < 4.78 is 19.2. The zero-order valence-electron chi connectivity index (χ0n) is 20.7. The summed E-state index contributed by atoms with van der Waals surface area (Å²) in [5.74, 6) is 1.36. The number of rotatable bonds is 6. The van der Waals surface area contributed by atoms with Crippen LogP contribution < -0.4 is 5.56 Å². The summed E-state index contributed by atoms with van der Waals surface area (Å²) in [7, 11) is 0. The molecule has 10 nitrogen and oxygen atoms in total. The van der Waals surface area contributed by atoms with Gasteiger partial charge in [0.25, 0.3) is 5.56 Å². The molecular weight excluding hydrogens is 488 g/mol. The first kappa shape index (κ1) is 24.9. The number of nitrogens with zero attached hydrogens (tertiary/aromatic N) is 3. The second kappa shape index (κ2) is 9.95. The van der Waals surface area contributed by atoms with Gasteiger partial charge < -0.3 is 19.2 Å². The molecule has 3 atom stereocenters. The van der Waals surface area contributed by atoms with Crippen molar-refractivity contribution in [2.75, 3.05) is 6.61 Å². The van der Waals surface area contributed by atoms with Crippen LogP contribution in [0.25, 0.3) is 11.2 Å². The van der Waals surface area contributed by atoms with Gasteiger partial charge in [0.05, 0.1) is 23.8 Å². The molecule has 0 unspecified atom stereocenters. The van der Waals surface area contributed by atoms with Gasteiger partial charge in [-0.15, -0.1) is 6.42 Å². The van der Waals surface area contributed by atoms with Gasteiger partial charge in [-0.05, 0) is 38.1 Å². The average Bonchev–Trinajstić information content (AvgIpc) is 3.51. The van der Waals surface area contributed by atoms with E-state index in [1.54, 1.807) is 48.5 Å². The lowest BCUT2D eigenvalue weighted by Gasteiger charge is -2.28. The number of imidazole rings is 1. The van der Waals surface area contributed by atoms with Crippen LogP contribution in [0.2, 0.25) is 0 Å². The van der Waals surface area contributed by atoms with E-state index in [0.717, 1.165) is 11.1 Å². The lowest BCUT2D eigenvalue weighted by Crippen LogP contribution is -2.45. The third kappa shape index (κ3) is 4.67. The van der Waals surface area contributed by atoms with Crippen molar-refractivity contribution in [1.82, 2.24) is 19.5 Å². The first-order valence-electron chi connectivity index (χ1n) is 11.9. The zero-order valence-corrected chi connectivity index (χ0v) is 20.7. The summed E-state index contributed by atoms with van der Waals surface area (Å²) in [6, 6.07) is 13.8. The van der Waals surface area contributed by atoms with E-state index in [1.165, 1.54) is 17.2 Å². The van der Waals surface area contributed by atoms with Crippen LogP contribution in [0.5, 0.6) is 0 Å². The third-order valence-electron chi connectivity index (χ3n) is 6.44. The van der Waals surface area contributed by atoms with Gasteiger partial charge in [0.2, 0.25) is 5.60 Å². The maximum Gasteiger partial charge on any atom is 0.338 e. The van der Waals surface area contributed by atoms with Crippen molar-refractivity contribution in [3.63, 3.8) is 0 Å². The Morgan fingerprint density at radius 2 is 1.71 bits per heavy atom. The number of hydrogen-bond acceptors (Lipinski definition) is 8. The van der Waals surface area contributed by atoms with Gasteiger partial charge in [-0.1, -0.05) is 41.3 Å². The van der Waals surface area contributed by atoms with Crippen molar-refractivity contribution in [3.05, 3.63) is 93.8 Å². The fraction of sp³-hybridized carbons (Fsp3) is 0.250. The van der Waals surface area contributed by atoms with Crippen LogP contribution in [0.3, 0.4) is 0 Å². The molecule has 0 radical (unpaired) electrons. The quantitative estimate of drug-likeness (QED) is 0.309. The van der Waals surface area contributed by atoms with Gasteiger partial charge in [0, 0.05) is 6.42 Å². The highest BCUT2D eigenvalue weighted by molar-refractivity contribution is 5.90. The van der Waals surface area contributed by atoms with E-state index in [1.807, 2.05) is 13.8 Å². The second-order valence-electron chi connectivity index (χ2n) is 9.10. The predicted octanol–water partition coefficient (Wildman–Crippen LogP) is 3.11. The minimum Gasteiger partial charge on any atom is -0.458 e. The highest BCUT2D eigenvalue weighted by atomic mass is 16.6. The lowest BCUT2D eigenvalue weighted by molar-refractivity contribution is -0.0967. The smallest absolute Gasteiger partial charge is 0.338 e. The number of benzene rings is 2. The summed E-state index contributed by atoms with van der Waals surface area (Å²) >= 11 is 0. The van der Waals surface area contributed by atoms with Crippen molar-refractivity contribution >= 4 is 23.1 Å². The fourth-order valence-electron chi connectivity index (χ4n) is 4.26. The minimum atomic E-state index is -1.61. The Kier molecular flexibility index (Phi) is 6.53. The number of aromatic nitrogens is 4. The predicted molar refractivity (Wildman–Crippen MR) is 136 cm³/mol. The Morgan fingerprint density at radius 1 is 1.08 bits per heavy atom.